The molecule has 1 atom stereocenters. The van der Waals surface area contributed by atoms with Crippen LogP contribution in [-0.4, -0.2) is 31.4 Å². The summed E-state index contributed by atoms with van der Waals surface area (Å²) < 4.78 is 25.9. The van der Waals surface area contributed by atoms with E-state index in [1.165, 1.54) is 25.1 Å². The van der Waals surface area contributed by atoms with Crippen molar-refractivity contribution in [1.82, 2.24) is 4.72 Å². The van der Waals surface area contributed by atoms with Gasteiger partial charge in [0.15, 0.2) is 0 Å². The Hall–Kier alpha value is -1.93. The number of carboxylic acids is 1. The summed E-state index contributed by atoms with van der Waals surface area (Å²) in [6.45, 7) is 1.23. The number of nitrogens with one attached hydrogen (secondary N) is 2. The highest BCUT2D eigenvalue weighted by Crippen LogP contribution is 2.25. The van der Waals surface area contributed by atoms with Crippen LogP contribution in [-0.2, 0) is 26.0 Å². The Balaban J connectivity index is 2.30. The van der Waals surface area contributed by atoms with Crippen molar-refractivity contribution in [2.45, 2.75) is 24.3 Å². The lowest BCUT2D eigenvalue weighted by molar-refractivity contribution is -0.138. The highest BCUT2D eigenvalue weighted by atomic mass is 32.2. The van der Waals surface area contributed by atoms with E-state index in [0.29, 0.717) is 11.3 Å². The predicted molar refractivity (Wildman–Crippen MR) is 66.2 cm³/mol. The Kier molecular flexibility index (Phi) is 3.29. The first-order valence-corrected chi connectivity index (χ1v) is 6.96. The van der Waals surface area contributed by atoms with Gasteiger partial charge in [0.25, 0.3) is 0 Å². The maximum atomic E-state index is 11.9. The fourth-order valence-corrected chi connectivity index (χ4v) is 2.97. The van der Waals surface area contributed by atoms with Crippen molar-refractivity contribution >= 4 is 27.6 Å². The third-order valence-electron chi connectivity index (χ3n) is 2.71. The van der Waals surface area contributed by atoms with E-state index in [1.54, 1.807) is 0 Å². The molecular formula is C11H12N2O5S. The Morgan fingerprint density at radius 3 is 2.79 bits per heavy atom. The number of carbonyl (C=O) groups is 2. The second kappa shape index (κ2) is 4.63. The number of anilines is 1. The van der Waals surface area contributed by atoms with Gasteiger partial charge in [0, 0.05) is 5.69 Å². The monoisotopic (exact) mass is 284 g/mol. The molecule has 0 saturated heterocycles. The molecule has 1 amide bonds. The van der Waals surface area contributed by atoms with Crippen LogP contribution in [0.15, 0.2) is 23.1 Å². The van der Waals surface area contributed by atoms with E-state index in [2.05, 4.69) is 5.32 Å². The van der Waals surface area contributed by atoms with Gasteiger partial charge in [0.2, 0.25) is 15.9 Å². The number of rotatable bonds is 4. The van der Waals surface area contributed by atoms with Crippen LogP contribution in [0, 0.1) is 0 Å². The fraction of sp³-hybridized carbons (Fsp3) is 0.273. The minimum absolute atomic E-state index is 0.0594. The average molecular weight is 284 g/mol. The maximum Gasteiger partial charge on any atom is 0.321 e. The van der Waals surface area contributed by atoms with Crippen LogP contribution in [0.5, 0.6) is 0 Å². The standard InChI is InChI=1S/C11H12N2O5S/c1-6(11(15)16)13-19(17,18)8-2-3-9-7(4-8)5-10(14)12-9/h2-4,6,13H,5H2,1H3,(H,12,14)(H,15,16)/t6-/m1/s1. The Bertz CT molecular complexity index is 653. The van der Waals surface area contributed by atoms with Crippen molar-refractivity contribution in [3.63, 3.8) is 0 Å². The van der Waals surface area contributed by atoms with Crippen LogP contribution < -0.4 is 10.0 Å². The highest BCUT2D eigenvalue weighted by Gasteiger charge is 2.24. The van der Waals surface area contributed by atoms with E-state index in [9.17, 15) is 18.0 Å². The summed E-state index contributed by atoms with van der Waals surface area (Å²) in [6.07, 6.45) is 0.118. The van der Waals surface area contributed by atoms with Gasteiger partial charge in [-0.3, -0.25) is 9.59 Å². The number of hydrogen-bond acceptors (Lipinski definition) is 4. The third-order valence-corrected chi connectivity index (χ3v) is 4.25. The number of aliphatic carboxylic acids is 1. The predicted octanol–water partition coefficient (Wildman–Crippen LogP) is -0.0674. The van der Waals surface area contributed by atoms with Crippen LogP contribution in [0.25, 0.3) is 0 Å². The quantitative estimate of drug-likeness (QED) is 0.716. The molecule has 19 heavy (non-hydrogen) atoms. The molecule has 1 aliphatic rings. The van der Waals surface area contributed by atoms with Crippen molar-refractivity contribution in [3.05, 3.63) is 23.8 Å². The first-order valence-electron chi connectivity index (χ1n) is 5.47. The molecule has 0 unspecified atom stereocenters. The van der Waals surface area contributed by atoms with E-state index < -0.39 is 22.0 Å². The topological polar surface area (TPSA) is 113 Å². The van der Waals surface area contributed by atoms with Crippen LogP contribution >= 0.6 is 0 Å². The summed E-state index contributed by atoms with van der Waals surface area (Å²) in [7, 11) is -3.91. The molecule has 0 spiro atoms. The van der Waals surface area contributed by atoms with Crippen molar-refractivity contribution in [1.29, 1.82) is 0 Å². The Morgan fingerprint density at radius 2 is 2.16 bits per heavy atom. The van der Waals surface area contributed by atoms with Crippen LogP contribution in [0.4, 0.5) is 5.69 Å². The molecule has 3 N–H and O–H groups in total. The molecule has 1 aromatic rings. The lowest BCUT2D eigenvalue weighted by Gasteiger charge is -2.11. The molecule has 1 aromatic carbocycles. The van der Waals surface area contributed by atoms with Gasteiger partial charge in [0.05, 0.1) is 11.3 Å². The van der Waals surface area contributed by atoms with E-state index in [1.807, 2.05) is 4.72 Å². The Labute approximate surface area is 109 Å². The summed E-state index contributed by atoms with van der Waals surface area (Å²) in [4.78, 5) is 21.8. The fourth-order valence-electron chi connectivity index (χ4n) is 1.72. The lowest BCUT2D eigenvalue weighted by Crippen LogP contribution is -2.38. The molecule has 0 bridgehead atoms. The molecule has 0 fully saturated rings. The third kappa shape index (κ3) is 2.74. The first kappa shape index (κ1) is 13.5. The number of fused-ring (bicyclic) bond motifs is 1. The van der Waals surface area contributed by atoms with Crippen molar-refractivity contribution < 1.29 is 23.1 Å². The molecule has 8 heteroatoms. The van der Waals surface area contributed by atoms with Gasteiger partial charge in [-0.05, 0) is 30.7 Å². The van der Waals surface area contributed by atoms with Crippen LogP contribution in [0.2, 0.25) is 0 Å². The van der Waals surface area contributed by atoms with Gasteiger partial charge in [-0.1, -0.05) is 0 Å². The number of carbonyl (C=O) groups excluding carboxylic acids is 1. The maximum absolute atomic E-state index is 11.9. The molecule has 0 radical (unpaired) electrons. The van der Waals surface area contributed by atoms with Gasteiger partial charge in [-0.15, -0.1) is 0 Å². The zero-order valence-corrected chi connectivity index (χ0v) is 10.8. The van der Waals surface area contributed by atoms with Crippen LogP contribution in [0.3, 0.4) is 0 Å². The smallest absolute Gasteiger partial charge is 0.321 e. The van der Waals surface area contributed by atoms with E-state index in [-0.39, 0.29) is 17.2 Å². The van der Waals surface area contributed by atoms with Gasteiger partial charge >= 0.3 is 5.97 Å². The zero-order valence-electron chi connectivity index (χ0n) is 10.0. The summed E-state index contributed by atoms with van der Waals surface area (Å²) >= 11 is 0. The summed E-state index contributed by atoms with van der Waals surface area (Å²) in [6, 6.07) is 2.95. The van der Waals surface area contributed by atoms with E-state index in [4.69, 9.17) is 5.11 Å². The number of carboxylic acid groups (broad SMARTS) is 1. The van der Waals surface area contributed by atoms with E-state index in [0.717, 1.165) is 0 Å². The molecule has 0 aromatic heterocycles. The average Bonchev–Trinajstić information content (AvgIpc) is 2.67. The van der Waals surface area contributed by atoms with Crippen LogP contribution in [0.1, 0.15) is 12.5 Å². The molecule has 7 nitrogen and oxygen atoms in total. The number of benzene rings is 1. The van der Waals surface area contributed by atoms with Gasteiger partial charge < -0.3 is 10.4 Å². The lowest BCUT2D eigenvalue weighted by atomic mass is 10.2. The van der Waals surface area contributed by atoms with Crippen molar-refractivity contribution in [2.75, 3.05) is 5.32 Å². The molecule has 102 valence electrons. The molecule has 1 aliphatic heterocycles. The Morgan fingerprint density at radius 1 is 1.47 bits per heavy atom. The molecule has 0 aliphatic carbocycles. The van der Waals surface area contributed by atoms with Gasteiger partial charge in [-0.2, -0.15) is 4.72 Å². The number of sulfonamides is 1. The summed E-state index contributed by atoms with van der Waals surface area (Å²) in [5.74, 6) is -1.46. The number of amides is 1. The minimum Gasteiger partial charge on any atom is -0.480 e. The van der Waals surface area contributed by atoms with Crippen molar-refractivity contribution in [2.24, 2.45) is 0 Å². The SMILES string of the molecule is C[C@@H](NS(=O)(=O)c1ccc2c(c1)CC(=O)N2)C(=O)O. The minimum atomic E-state index is -3.91. The summed E-state index contributed by atoms with van der Waals surface area (Å²) in [5, 5.41) is 11.3. The first-order chi connectivity index (χ1) is 8.79. The molecule has 2 rings (SSSR count). The zero-order chi connectivity index (χ0) is 14.2. The second-order valence-corrected chi connectivity index (χ2v) is 5.94. The normalized spacial score (nSPS) is 15.7. The van der Waals surface area contributed by atoms with Gasteiger partial charge in [0.1, 0.15) is 6.04 Å². The second-order valence-electron chi connectivity index (χ2n) is 4.23. The van der Waals surface area contributed by atoms with E-state index >= 15 is 0 Å². The summed E-state index contributed by atoms with van der Waals surface area (Å²) in [5.41, 5.74) is 1.16. The van der Waals surface area contributed by atoms with Gasteiger partial charge in [-0.25, -0.2) is 8.42 Å². The molecule has 0 saturated carbocycles. The molecular weight excluding hydrogens is 272 g/mol. The largest absolute Gasteiger partial charge is 0.480 e. The number of hydrogen-bond donors (Lipinski definition) is 3. The van der Waals surface area contributed by atoms with Crippen molar-refractivity contribution in [3.8, 4) is 0 Å². The highest BCUT2D eigenvalue weighted by molar-refractivity contribution is 7.89. The molecule has 1 heterocycles.